The monoisotopic (exact) mass is 373 g/mol. The highest BCUT2D eigenvalue weighted by atomic mass is 35.5. The number of nitro benzene ring substituents is 1. The average molecular weight is 374 g/mol. The number of ether oxygens (including phenoxy) is 1. The summed E-state index contributed by atoms with van der Waals surface area (Å²) >= 11 is 5.92. The van der Waals surface area contributed by atoms with Crippen LogP contribution in [0.5, 0.6) is 5.75 Å². The van der Waals surface area contributed by atoms with Gasteiger partial charge in [-0.2, -0.15) is 5.10 Å². The first kappa shape index (κ1) is 19.1. The Kier molecular flexibility index (Phi) is 6.87. The number of hydrogen-bond donors (Lipinski definition) is 1. The van der Waals surface area contributed by atoms with E-state index in [-0.39, 0.29) is 12.3 Å². The van der Waals surface area contributed by atoms with Crippen molar-refractivity contribution in [2.75, 3.05) is 6.61 Å². The highest BCUT2D eigenvalue weighted by Gasteiger charge is 2.04. The van der Waals surface area contributed by atoms with Gasteiger partial charge in [-0.05, 0) is 42.3 Å². The standard InChI is InChI=1S/C18H16ClN3O4/c1-13-10-16(7-8-17(13)19)26-12-18(23)21-20-9-3-5-14-4-2-6-15(11-14)22(24)25/h2-11H,12H2,1H3,(H,21,23)/b5-3+,20-9-. The molecular weight excluding hydrogens is 358 g/mol. The van der Waals surface area contributed by atoms with E-state index in [1.807, 2.05) is 6.92 Å². The quantitative estimate of drug-likeness (QED) is 0.454. The van der Waals surface area contributed by atoms with Crippen molar-refractivity contribution in [1.29, 1.82) is 0 Å². The molecule has 0 radical (unpaired) electrons. The zero-order chi connectivity index (χ0) is 18.9. The fourth-order valence-corrected chi connectivity index (χ4v) is 2.05. The third-order valence-electron chi connectivity index (χ3n) is 3.22. The molecule has 0 unspecified atom stereocenters. The number of halogens is 1. The van der Waals surface area contributed by atoms with E-state index >= 15 is 0 Å². The molecule has 1 amide bonds. The number of rotatable bonds is 7. The summed E-state index contributed by atoms with van der Waals surface area (Å²) < 4.78 is 5.34. The Bertz CT molecular complexity index is 865. The molecule has 0 fully saturated rings. The number of amides is 1. The van der Waals surface area contributed by atoms with Gasteiger partial charge in [-0.15, -0.1) is 0 Å². The van der Waals surface area contributed by atoms with Gasteiger partial charge < -0.3 is 4.74 Å². The second-order valence-corrected chi connectivity index (χ2v) is 5.63. The molecule has 2 aromatic rings. The van der Waals surface area contributed by atoms with Crippen molar-refractivity contribution < 1.29 is 14.5 Å². The second-order valence-electron chi connectivity index (χ2n) is 5.22. The third-order valence-corrected chi connectivity index (χ3v) is 3.64. The van der Waals surface area contributed by atoms with Crippen molar-refractivity contribution in [3.05, 3.63) is 74.8 Å². The van der Waals surface area contributed by atoms with Gasteiger partial charge >= 0.3 is 0 Å². The number of nitrogens with one attached hydrogen (secondary N) is 1. The lowest BCUT2D eigenvalue weighted by Gasteiger charge is -2.06. The van der Waals surface area contributed by atoms with Crippen molar-refractivity contribution in [2.24, 2.45) is 5.10 Å². The van der Waals surface area contributed by atoms with Gasteiger partial charge in [0.1, 0.15) is 5.75 Å². The molecule has 8 heteroatoms. The van der Waals surface area contributed by atoms with Crippen LogP contribution in [0.4, 0.5) is 5.69 Å². The smallest absolute Gasteiger partial charge is 0.277 e. The fraction of sp³-hybridized carbons (Fsp3) is 0.111. The molecule has 7 nitrogen and oxygen atoms in total. The number of aryl methyl sites for hydroxylation is 1. The Hall–Kier alpha value is -3.19. The largest absolute Gasteiger partial charge is 0.484 e. The van der Waals surface area contributed by atoms with Gasteiger partial charge in [-0.3, -0.25) is 14.9 Å². The zero-order valence-electron chi connectivity index (χ0n) is 13.9. The van der Waals surface area contributed by atoms with Crippen molar-refractivity contribution in [1.82, 2.24) is 5.43 Å². The van der Waals surface area contributed by atoms with Crippen LogP contribution in [-0.4, -0.2) is 23.7 Å². The summed E-state index contributed by atoms with van der Waals surface area (Å²) in [6.07, 6.45) is 4.56. The molecule has 0 bridgehead atoms. The fourth-order valence-electron chi connectivity index (χ4n) is 1.94. The minimum atomic E-state index is -0.464. The lowest BCUT2D eigenvalue weighted by Crippen LogP contribution is -2.24. The zero-order valence-corrected chi connectivity index (χ0v) is 14.6. The Morgan fingerprint density at radius 3 is 2.88 bits per heavy atom. The topological polar surface area (TPSA) is 93.8 Å². The van der Waals surface area contributed by atoms with E-state index in [4.69, 9.17) is 16.3 Å². The van der Waals surface area contributed by atoms with Crippen LogP contribution in [0.15, 0.2) is 53.6 Å². The number of allylic oxidation sites excluding steroid dienone is 1. The molecule has 0 atom stereocenters. The summed E-state index contributed by atoms with van der Waals surface area (Å²) in [5, 5.41) is 15.1. The van der Waals surface area contributed by atoms with Crippen LogP contribution in [0, 0.1) is 17.0 Å². The minimum Gasteiger partial charge on any atom is -0.484 e. The number of nitro groups is 1. The summed E-state index contributed by atoms with van der Waals surface area (Å²) in [6.45, 7) is 1.65. The summed E-state index contributed by atoms with van der Waals surface area (Å²) in [4.78, 5) is 21.9. The van der Waals surface area contributed by atoms with Gasteiger partial charge in [-0.25, -0.2) is 5.43 Å². The molecule has 2 aromatic carbocycles. The van der Waals surface area contributed by atoms with Gasteiger partial charge in [0, 0.05) is 23.4 Å². The molecule has 0 saturated carbocycles. The average Bonchev–Trinajstić information content (AvgIpc) is 2.62. The Balaban J connectivity index is 1.78. The number of carbonyl (C=O) groups excluding carboxylic acids is 1. The highest BCUT2D eigenvalue weighted by Crippen LogP contribution is 2.20. The maximum absolute atomic E-state index is 11.6. The van der Waals surface area contributed by atoms with Crippen LogP contribution in [0.3, 0.4) is 0 Å². The summed E-state index contributed by atoms with van der Waals surface area (Å²) in [5.41, 5.74) is 3.83. The molecule has 26 heavy (non-hydrogen) atoms. The Morgan fingerprint density at radius 1 is 1.35 bits per heavy atom. The molecule has 2 rings (SSSR count). The normalized spacial score (nSPS) is 11.0. The summed E-state index contributed by atoms with van der Waals surface area (Å²) in [5.74, 6) is 0.120. The molecule has 0 aromatic heterocycles. The molecule has 0 heterocycles. The van der Waals surface area contributed by atoms with E-state index in [0.29, 0.717) is 16.3 Å². The van der Waals surface area contributed by atoms with Crippen molar-refractivity contribution in [2.45, 2.75) is 6.92 Å². The maximum Gasteiger partial charge on any atom is 0.277 e. The van der Waals surface area contributed by atoms with Crippen LogP contribution in [0.2, 0.25) is 5.02 Å². The Labute approximate surface area is 155 Å². The van der Waals surface area contributed by atoms with Gasteiger partial charge in [0.2, 0.25) is 0 Å². The molecule has 0 aliphatic carbocycles. The molecule has 134 valence electrons. The summed E-state index contributed by atoms with van der Waals surface area (Å²) in [7, 11) is 0. The van der Waals surface area contributed by atoms with Crippen molar-refractivity contribution in [3.63, 3.8) is 0 Å². The van der Waals surface area contributed by atoms with E-state index in [1.165, 1.54) is 18.3 Å². The second kappa shape index (κ2) is 9.33. The number of hydrazone groups is 1. The molecule has 0 aliphatic rings. The minimum absolute atomic E-state index is 0.00646. The SMILES string of the molecule is Cc1cc(OCC(=O)N/N=C\C=C\c2cccc([N+](=O)[O-])c2)ccc1Cl. The molecule has 0 aliphatic heterocycles. The van der Waals surface area contributed by atoms with Crippen LogP contribution >= 0.6 is 11.6 Å². The van der Waals surface area contributed by atoms with Gasteiger partial charge in [0.15, 0.2) is 6.61 Å². The first-order valence-corrected chi connectivity index (χ1v) is 7.95. The lowest BCUT2D eigenvalue weighted by molar-refractivity contribution is -0.384. The van der Waals surface area contributed by atoms with E-state index in [1.54, 1.807) is 42.5 Å². The van der Waals surface area contributed by atoms with Crippen LogP contribution in [-0.2, 0) is 4.79 Å². The van der Waals surface area contributed by atoms with Gasteiger partial charge in [-0.1, -0.05) is 29.8 Å². The number of benzene rings is 2. The third kappa shape index (κ3) is 6.03. The van der Waals surface area contributed by atoms with Crippen LogP contribution in [0.1, 0.15) is 11.1 Å². The van der Waals surface area contributed by atoms with Gasteiger partial charge in [0.25, 0.3) is 11.6 Å². The predicted octanol–water partition coefficient (Wildman–Crippen LogP) is 3.75. The lowest BCUT2D eigenvalue weighted by atomic mass is 10.2. The van der Waals surface area contributed by atoms with E-state index < -0.39 is 10.8 Å². The summed E-state index contributed by atoms with van der Waals surface area (Å²) in [6, 6.07) is 11.3. The predicted molar refractivity (Wildman–Crippen MR) is 100 cm³/mol. The molecule has 1 N–H and O–H groups in total. The highest BCUT2D eigenvalue weighted by molar-refractivity contribution is 6.31. The first-order chi connectivity index (χ1) is 12.5. The Morgan fingerprint density at radius 2 is 2.15 bits per heavy atom. The maximum atomic E-state index is 11.6. The van der Waals surface area contributed by atoms with Gasteiger partial charge in [0.05, 0.1) is 4.92 Å². The van der Waals surface area contributed by atoms with Crippen LogP contribution in [0.25, 0.3) is 6.08 Å². The molecule has 0 spiro atoms. The number of carbonyl (C=O) groups is 1. The molecular formula is C18H16ClN3O4. The molecule has 0 saturated heterocycles. The number of nitrogens with zero attached hydrogens (tertiary/aromatic N) is 2. The number of hydrogen-bond acceptors (Lipinski definition) is 5. The number of non-ortho nitro benzene ring substituents is 1. The van der Waals surface area contributed by atoms with Crippen molar-refractivity contribution >= 4 is 35.5 Å². The van der Waals surface area contributed by atoms with E-state index in [0.717, 1.165) is 5.56 Å². The van der Waals surface area contributed by atoms with Crippen molar-refractivity contribution in [3.8, 4) is 5.75 Å². The van der Waals surface area contributed by atoms with Crippen LogP contribution < -0.4 is 10.2 Å². The van der Waals surface area contributed by atoms with E-state index in [9.17, 15) is 14.9 Å². The van der Waals surface area contributed by atoms with E-state index in [2.05, 4.69) is 10.5 Å². The first-order valence-electron chi connectivity index (χ1n) is 7.57.